The van der Waals surface area contributed by atoms with Gasteiger partial charge in [0.2, 0.25) is 5.04 Å². The Hall–Kier alpha value is -2.22. The fourth-order valence-corrected chi connectivity index (χ4v) is 7.90. The van der Waals surface area contributed by atoms with Crippen molar-refractivity contribution in [1.29, 1.82) is 0 Å². The van der Waals surface area contributed by atoms with E-state index in [2.05, 4.69) is 71.9 Å². The number of anilines is 1. The van der Waals surface area contributed by atoms with Crippen LogP contribution in [0.1, 0.15) is 20.8 Å². The molecule has 170 valence electrons. The summed E-state index contributed by atoms with van der Waals surface area (Å²) in [5, 5.41) is 4.99. The summed E-state index contributed by atoms with van der Waals surface area (Å²) in [4.78, 5) is 16.8. The minimum atomic E-state index is 0.103. The molecule has 3 aromatic rings. The van der Waals surface area contributed by atoms with Crippen LogP contribution in [0.25, 0.3) is 22.9 Å². The SMILES string of the molecule is CCN1C(=C/C=c2/sc(=CC3=[N+](CC)CCS3)n(CC)c2=O)Sc2c1ccc1ccccc21. The fourth-order valence-electron chi connectivity index (χ4n) is 4.40. The van der Waals surface area contributed by atoms with Crippen molar-refractivity contribution in [3.63, 3.8) is 0 Å². The van der Waals surface area contributed by atoms with Crippen molar-refractivity contribution in [2.45, 2.75) is 32.2 Å². The summed E-state index contributed by atoms with van der Waals surface area (Å²) in [6.45, 7) is 10.1. The van der Waals surface area contributed by atoms with Crippen molar-refractivity contribution >= 4 is 68.5 Å². The van der Waals surface area contributed by atoms with Gasteiger partial charge in [-0.05, 0) is 49.8 Å². The van der Waals surface area contributed by atoms with Gasteiger partial charge in [0.25, 0.3) is 5.56 Å². The molecule has 4 nitrogen and oxygen atoms in total. The maximum absolute atomic E-state index is 13.1. The van der Waals surface area contributed by atoms with E-state index >= 15 is 0 Å². The Balaban J connectivity index is 1.57. The number of rotatable bonds is 5. The van der Waals surface area contributed by atoms with Crippen molar-refractivity contribution in [2.75, 3.05) is 30.3 Å². The molecule has 1 aromatic heterocycles. The van der Waals surface area contributed by atoms with Crippen molar-refractivity contribution < 1.29 is 4.58 Å². The van der Waals surface area contributed by atoms with Gasteiger partial charge in [-0.25, -0.2) is 4.58 Å². The molecule has 0 aliphatic carbocycles. The molecule has 3 heterocycles. The van der Waals surface area contributed by atoms with E-state index in [1.54, 1.807) is 23.1 Å². The topological polar surface area (TPSA) is 28.2 Å². The first-order valence-electron chi connectivity index (χ1n) is 11.5. The smallest absolute Gasteiger partial charge is 0.269 e. The molecule has 5 rings (SSSR count). The summed E-state index contributed by atoms with van der Waals surface area (Å²) in [6, 6.07) is 13.0. The third-order valence-electron chi connectivity index (χ3n) is 6.12. The number of allylic oxidation sites excluding steroid dienone is 1. The average molecular weight is 495 g/mol. The summed E-state index contributed by atoms with van der Waals surface area (Å²) in [6.07, 6.45) is 6.33. The molecule has 2 aliphatic rings. The Morgan fingerprint density at radius 2 is 1.91 bits per heavy atom. The van der Waals surface area contributed by atoms with Crippen LogP contribution in [0.2, 0.25) is 0 Å². The highest BCUT2D eigenvalue weighted by molar-refractivity contribution is 8.14. The van der Waals surface area contributed by atoms with Crippen molar-refractivity contribution in [3.05, 3.63) is 67.1 Å². The summed E-state index contributed by atoms with van der Waals surface area (Å²) >= 11 is 5.28. The highest BCUT2D eigenvalue weighted by Gasteiger charge is 2.25. The second-order valence-electron chi connectivity index (χ2n) is 7.92. The Labute approximate surface area is 206 Å². The lowest BCUT2D eigenvalue weighted by atomic mass is 10.1. The molecule has 7 heteroatoms. The summed E-state index contributed by atoms with van der Waals surface area (Å²) < 4.78 is 6.11. The minimum absolute atomic E-state index is 0.103. The second kappa shape index (κ2) is 9.57. The van der Waals surface area contributed by atoms with Gasteiger partial charge in [0.1, 0.15) is 11.2 Å². The van der Waals surface area contributed by atoms with E-state index in [9.17, 15) is 4.79 Å². The van der Waals surface area contributed by atoms with Crippen molar-refractivity contribution in [3.8, 4) is 0 Å². The summed E-state index contributed by atoms with van der Waals surface area (Å²) in [7, 11) is 0. The molecule has 33 heavy (non-hydrogen) atoms. The Kier molecular flexibility index (Phi) is 6.54. The van der Waals surface area contributed by atoms with Crippen LogP contribution in [0.4, 0.5) is 5.69 Å². The number of benzene rings is 2. The Bertz CT molecular complexity index is 1460. The average Bonchev–Trinajstić information content (AvgIpc) is 3.52. The lowest BCUT2D eigenvalue weighted by Crippen LogP contribution is -2.31. The Morgan fingerprint density at radius 3 is 2.70 bits per heavy atom. The molecule has 0 radical (unpaired) electrons. The van der Waals surface area contributed by atoms with E-state index in [1.807, 2.05) is 29.3 Å². The maximum atomic E-state index is 13.1. The van der Waals surface area contributed by atoms with Crippen LogP contribution in [0.3, 0.4) is 0 Å². The van der Waals surface area contributed by atoms with Crippen LogP contribution in [0.15, 0.2) is 57.2 Å². The highest BCUT2D eigenvalue weighted by Crippen LogP contribution is 2.49. The zero-order chi connectivity index (χ0) is 22.9. The number of thiazole rings is 1. The lowest BCUT2D eigenvalue weighted by molar-refractivity contribution is -0.512. The van der Waals surface area contributed by atoms with Gasteiger partial charge in [-0.3, -0.25) is 9.36 Å². The fraction of sp³-hybridized carbons (Fsp3) is 0.308. The van der Waals surface area contributed by atoms with Gasteiger partial charge >= 0.3 is 0 Å². The molecule has 0 saturated heterocycles. The van der Waals surface area contributed by atoms with E-state index in [0.29, 0.717) is 6.54 Å². The van der Waals surface area contributed by atoms with E-state index in [0.717, 1.165) is 34.6 Å². The van der Waals surface area contributed by atoms with Crippen LogP contribution >= 0.6 is 34.9 Å². The van der Waals surface area contributed by atoms with Gasteiger partial charge in [0.05, 0.1) is 27.1 Å². The molecule has 0 bridgehead atoms. The molecule has 0 saturated carbocycles. The van der Waals surface area contributed by atoms with Crippen LogP contribution in [0, 0.1) is 0 Å². The van der Waals surface area contributed by atoms with E-state index in [-0.39, 0.29) is 5.56 Å². The standard InChI is InChI=1S/C26H28N3OS3/c1-4-27-15-16-31-23(27)17-24-29(6-3)26(30)21(32-24)13-14-22-28(5-2)20-12-11-18-9-7-8-10-19(18)25(20)33-22/h7-14,17H,4-6,15-16H2,1-3H3/q+1/b21-13+,22-14?. The molecule has 2 aromatic carbocycles. The molecule has 0 atom stereocenters. The molecular weight excluding hydrogens is 467 g/mol. The maximum Gasteiger partial charge on any atom is 0.269 e. The van der Waals surface area contributed by atoms with Gasteiger partial charge in [0.15, 0.2) is 6.54 Å². The number of thioether (sulfide) groups is 2. The van der Waals surface area contributed by atoms with E-state index in [4.69, 9.17) is 0 Å². The zero-order valence-corrected chi connectivity index (χ0v) is 21.7. The number of fused-ring (bicyclic) bond motifs is 3. The molecular formula is C26H28N3OS3+. The van der Waals surface area contributed by atoms with Crippen molar-refractivity contribution in [2.24, 2.45) is 0 Å². The highest BCUT2D eigenvalue weighted by atomic mass is 32.2. The largest absolute Gasteiger partial charge is 0.335 e. The number of nitrogens with zero attached hydrogens (tertiary/aromatic N) is 3. The lowest BCUT2D eigenvalue weighted by Gasteiger charge is -2.17. The first kappa shape index (κ1) is 22.6. The third kappa shape index (κ3) is 4.11. The van der Waals surface area contributed by atoms with Crippen LogP contribution in [-0.2, 0) is 6.54 Å². The van der Waals surface area contributed by atoms with Gasteiger partial charge in [0, 0.05) is 18.0 Å². The first-order valence-corrected chi connectivity index (χ1v) is 14.1. The van der Waals surface area contributed by atoms with Gasteiger partial charge in [-0.15, -0.1) is 11.3 Å². The molecule has 2 aliphatic heterocycles. The van der Waals surface area contributed by atoms with Crippen LogP contribution in [0.5, 0.6) is 0 Å². The van der Waals surface area contributed by atoms with E-state index < -0.39 is 0 Å². The van der Waals surface area contributed by atoms with Crippen LogP contribution < -0.4 is 19.7 Å². The first-order chi connectivity index (χ1) is 16.1. The monoisotopic (exact) mass is 494 g/mol. The molecule has 0 spiro atoms. The van der Waals surface area contributed by atoms with Gasteiger partial charge in [-0.1, -0.05) is 53.9 Å². The predicted octanol–water partition coefficient (Wildman–Crippen LogP) is 4.30. The van der Waals surface area contributed by atoms with Gasteiger partial charge in [-0.2, -0.15) is 0 Å². The third-order valence-corrected chi connectivity index (χ3v) is 9.46. The quantitative estimate of drug-likeness (QED) is 0.495. The summed E-state index contributed by atoms with van der Waals surface area (Å²) in [5.74, 6) is 1.12. The summed E-state index contributed by atoms with van der Waals surface area (Å²) in [5.41, 5.74) is 1.35. The Morgan fingerprint density at radius 1 is 1.06 bits per heavy atom. The number of hydrogen-bond acceptors (Lipinski definition) is 5. The van der Waals surface area contributed by atoms with Crippen LogP contribution in [-0.4, -0.2) is 39.6 Å². The number of hydrogen-bond donors (Lipinski definition) is 0. The molecule has 0 unspecified atom stereocenters. The molecule has 0 amide bonds. The second-order valence-corrected chi connectivity index (χ2v) is 11.1. The minimum Gasteiger partial charge on any atom is -0.335 e. The van der Waals surface area contributed by atoms with Gasteiger partial charge < -0.3 is 4.90 Å². The molecule has 0 fully saturated rings. The normalized spacial score (nSPS) is 18.4. The zero-order valence-electron chi connectivity index (χ0n) is 19.2. The molecule has 0 N–H and O–H groups in total. The predicted molar refractivity (Wildman–Crippen MR) is 146 cm³/mol. The van der Waals surface area contributed by atoms with Crippen molar-refractivity contribution in [1.82, 2.24) is 4.57 Å². The number of aromatic nitrogens is 1. The van der Waals surface area contributed by atoms with E-state index in [1.165, 1.54) is 31.4 Å².